The number of benzene rings is 2. The summed E-state index contributed by atoms with van der Waals surface area (Å²) < 4.78 is 13.3. The summed E-state index contributed by atoms with van der Waals surface area (Å²) >= 11 is 0. The molecule has 1 nitrogen and oxygen atoms in total. The topological polar surface area (TPSA) is 12.0 Å². The molecule has 0 bridgehead atoms. The van der Waals surface area contributed by atoms with Gasteiger partial charge in [0.2, 0.25) is 0 Å². The smallest absolute Gasteiger partial charge is 0.123 e. The van der Waals surface area contributed by atoms with Gasteiger partial charge in [-0.15, -0.1) is 0 Å². The molecule has 0 aliphatic heterocycles. The van der Waals surface area contributed by atoms with Crippen LogP contribution in [0.4, 0.5) is 4.39 Å². The number of hydrogen-bond donors (Lipinski definition) is 1. The molecule has 0 aliphatic rings. The predicted octanol–water partition coefficient (Wildman–Crippen LogP) is 4.50. The lowest BCUT2D eigenvalue weighted by atomic mass is 10.0. The number of rotatable bonds is 6. The molecule has 20 heavy (non-hydrogen) atoms. The summed E-state index contributed by atoms with van der Waals surface area (Å²) in [5.41, 5.74) is 2.33. The van der Waals surface area contributed by atoms with Crippen LogP contribution < -0.4 is 5.32 Å². The van der Waals surface area contributed by atoms with Crippen molar-refractivity contribution >= 4 is 0 Å². The molecule has 0 aliphatic carbocycles. The third-order valence-corrected chi connectivity index (χ3v) is 3.65. The molecule has 2 unspecified atom stereocenters. The molecular formula is C18H22FN. The predicted molar refractivity (Wildman–Crippen MR) is 82.2 cm³/mol. The van der Waals surface area contributed by atoms with Gasteiger partial charge in [0.1, 0.15) is 5.82 Å². The molecule has 2 heteroatoms. The second-order valence-corrected chi connectivity index (χ2v) is 5.24. The van der Waals surface area contributed by atoms with Crippen molar-refractivity contribution in [2.24, 2.45) is 0 Å². The Morgan fingerprint density at radius 3 is 2.45 bits per heavy atom. The van der Waals surface area contributed by atoms with E-state index in [2.05, 4.69) is 43.4 Å². The Balaban J connectivity index is 1.99. The second kappa shape index (κ2) is 7.20. The van der Waals surface area contributed by atoms with Crippen molar-refractivity contribution in [2.75, 3.05) is 0 Å². The summed E-state index contributed by atoms with van der Waals surface area (Å²) in [5.74, 6) is -0.174. The average molecular weight is 271 g/mol. The molecule has 2 aromatic carbocycles. The average Bonchev–Trinajstić information content (AvgIpc) is 2.47. The maximum atomic E-state index is 13.3. The zero-order chi connectivity index (χ0) is 14.4. The van der Waals surface area contributed by atoms with Crippen molar-refractivity contribution in [2.45, 2.75) is 38.8 Å². The van der Waals surface area contributed by atoms with Gasteiger partial charge in [-0.1, -0.05) is 49.4 Å². The third-order valence-electron chi connectivity index (χ3n) is 3.65. The summed E-state index contributed by atoms with van der Waals surface area (Å²) in [6, 6.07) is 17.8. The van der Waals surface area contributed by atoms with Crippen molar-refractivity contribution < 1.29 is 4.39 Å². The van der Waals surface area contributed by atoms with E-state index < -0.39 is 0 Å². The van der Waals surface area contributed by atoms with Gasteiger partial charge in [0, 0.05) is 12.1 Å². The van der Waals surface area contributed by atoms with Crippen molar-refractivity contribution in [3.8, 4) is 0 Å². The first-order chi connectivity index (χ1) is 9.69. The highest BCUT2D eigenvalue weighted by molar-refractivity contribution is 5.20. The van der Waals surface area contributed by atoms with Gasteiger partial charge in [0.05, 0.1) is 0 Å². The van der Waals surface area contributed by atoms with Gasteiger partial charge in [-0.3, -0.25) is 0 Å². The maximum Gasteiger partial charge on any atom is 0.123 e. The highest BCUT2D eigenvalue weighted by Crippen LogP contribution is 2.16. The fraction of sp³-hybridized carbons (Fsp3) is 0.333. The van der Waals surface area contributed by atoms with Crippen molar-refractivity contribution in [3.63, 3.8) is 0 Å². The van der Waals surface area contributed by atoms with E-state index in [1.807, 2.05) is 12.1 Å². The van der Waals surface area contributed by atoms with Gasteiger partial charge in [-0.2, -0.15) is 0 Å². The normalized spacial score (nSPS) is 13.9. The van der Waals surface area contributed by atoms with Crippen LogP contribution in [0.25, 0.3) is 0 Å². The zero-order valence-corrected chi connectivity index (χ0v) is 12.1. The minimum atomic E-state index is -0.174. The fourth-order valence-corrected chi connectivity index (χ4v) is 2.45. The molecule has 0 heterocycles. The Morgan fingerprint density at radius 1 is 1.05 bits per heavy atom. The van der Waals surface area contributed by atoms with Crippen LogP contribution in [0, 0.1) is 5.82 Å². The van der Waals surface area contributed by atoms with E-state index >= 15 is 0 Å². The molecule has 0 saturated heterocycles. The number of nitrogens with one attached hydrogen (secondary N) is 1. The molecule has 1 N–H and O–H groups in total. The van der Waals surface area contributed by atoms with Crippen molar-refractivity contribution in [1.29, 1.82) is 0 Å². The Morgan fingerprint density at radius 2 is 1.80 bits per heavy atom. The molecule has 0 fully saturated rings. The molecule has 0 spiro atoms. The molecule has 0 amide bonds. The minimum Gasteiger partial charge on any atom is -0.307 e. The van der Waals surface area contributed by atoms with Crippen LogP contribution in [0.5, 0.6) is 0 Å². The Bertz CT molecular complexity index is 524. The molecule has 0 radical (unpaired) electrons. The van der Waals surface area contributed by atoms with Crippen LogP contribution in [0.15, 0.2) is 54.6 Å². The molecule has 2 atom stereocenters. The zero-order valence-electron chi connectivity index (χ0n) is 12.1. The Kier molecular flexibility index (Phi) is 5.31. The summed E-state index contributed by atoms with van der Waals surface area (Å²) in [6.45, 7) is 4.27. The van der Waals surface area contributed by atoms with Crippen LogP contribution >= 0.6 is 0 Å². The lowest BCUT2D eigenvalue weighted by molar-refractivity contribution is 0.439. The van der Waals surface area contributed by atoms with Crippen molar-refractivity contribution in [3.05, 3.63) is 71.5 Å². The first-order valence-corrected chi connectivity index (χ1v) is 7.24. The van der Waals surface area contributed by atoms with Gasteiger partial charge < -0.3 is 5.32 Å². The van der Waals surface area contributed by atoms with Gasteiger partial charge in [-0.05, 0) is 43.0 Å². The SMILES string of the molecule is CCC(Cc1ccccc1)NC(C)c1cccc(F)c1. The second-order valence-electron chi connectivity index (χ2n) is 5.24. The quantitative estimate of drug-likeness (QED) is 0.815. The van der Waals surface area contributed by atoms with E-state index in [1.54, 1.807) is 12.1 Å². The molecule has 106 valence electrons. The lowest BCUT2D eigenvalue weighted by Crippen LogP contribution is -2.32. The molecular weight excluding hydrogens is 249 g/mol. The lowest BCUT2D eigenvalue weighted by Gasteiger charge is -2.23. The van der Waals surface area contributed by atoms with E-state index in [9.17, 15) is 4.39 Å². The first-order valence-electron chi connectivity index (χ1n) is 7.24. The standard InChI is InChI=1S/C18H22FN/c1-3-18(12-15-8-5-4-6-9-15)20-14(2)16-10-7-11-17(19)13-16/h4-11,13-14,18,20H,3,12H2,1-2H3. The summed E-state index contributed by atoms with van der Waals surface area (Å²) in [6.07, 6.45) is 2.05. The maximum absolute atomic E-state index is 13.3. The summed E-state index contributed by atoms with van der Waals surface area (Å²) in [7, 11) is 0. The molecule has 2 rings (SSSR count). The van der Waals surface area contributed by atoms with Crippen LogP contribution in [0.3, 0.4) is 0 Å². The monoisotopic (exact) mass is 271 g/mol. The minimum absolute atomic E-state index is 0.152. The highest BCUT2D eigenvalue weighted by Gasteiger charge is 2.12. The van der Waals surface area contributed by atoms with Crippen LogP contribution in [-0.4, -0.2) is 6.04 Å². The van der Waals surface area contributed by atoms with E-state index in [1.165, 1.54) is 11.6 Å². The van der Waals surface area contributed by atoms with Crippen LogP contribution in [-0.2, 0) is 6.42 Å². The van der Waals surface area contributed by atoms with Gasteiger partial charge in [-0.25, -0.2) is 4.39 Å². The van der Waals surface area contributed by atoms with Gasteiger partial charge in [0.25, 0.3) is 0 Å². The largest absolute Gasteiger partial charge is 0.307 e. The molecule has 2 aromatic rings. The highest BCUT2D eigenvalue weighted by atomic mass is 19.1. The van der Waals surface area contributed by atoms with Gasteiger partial charge in [0.15, 0.2) is 0 Å². The Labute approximate surface area is 120 Å². The third kappa shape index (κ3) is 4.17. The van der Waals surface area contributed by atoms with E-state index in [-0.39, 0.29) is 11.9 Å². The van der Waals surface area contributed by atoms with E-state index in [0.29, 0.717) is 6.04 Å². The van der Waals surface area contributed by atoms with Crippen LogP contribution in [0.2, 0.25) is 0 Å². The Hall–Kier alpha value is -1.67. The van der Waals surface area contributed by atoms with E-state index in [0.717, 1.165) is 18.4 Å². The number of halogens is 1. The fourth-order valence-electron chi connectivity index (χ4n) is 2.45. The molecule has 0 aromatic heterocycles. The summed E-state index contributed by atoms with van der Waals surface area (Å²) in [5, 5.41) is 3.59. The summed E-state index contributed by atoms with van der Waals surface area (Å²) in [4.78, 5) is 0. The van der Waals surface area contributed by atoms with E-state index in [4.69, 9.17) is 0 Å². The van der Waals surface area contributed by atoms with Crippen LogP contribution in [0.1, 0.15) is 37.4 Å². The van der Waals surface area contributed by atoms with Gasteiger partial charge >= 0.3 is 0 Å². The van der Waals surface area contributed by atoms with Crippen molar-refractivity contribution in [1.82, 2.24) is 5.32 Å². The molecule has 0 saturated carbocycles. The first kappa shape index (κ1) is 14.7. The number of hydrogen-bond acceptors (Lipinski definition) is 1.